The zero-order valence-electron chi connectivity index (χ0n) is 12.9. The molecule has 2 aliphatic carbocycles. The van der Waals surface area contributed by atoms with Gasteiger partial charge < -0.3 is 9.84 Å². The van der Waals surface area contributed by atoms with E-state index < -0.39 is 0 Å². The van der Waals surface area contributed by atoms with E-state index in [9.17, 15) is 4.79 Å². The minimum absolute atomic E-state index is 0.165. The molecule has 5 heteroatoms. The van der Waals surface area contributed by atoms with Gasteiger partial charge in [0, 0.05) is 12.8 Å². The topological polar surface area (TPSA) is 68.0 Å². The van der Waals surface area contributed by atoms with Gasteiger partial charge in [0.2, 0.25) is 11.8 Å². The standard InChI is InChI=1S/C16H25N3O2/c1-12-17-15(19-21-12)16(10-6-7-11-16)18-14(20)13-8-4-2-3-5-9-13/h13H,2-11H2,1H3,(H,18,20). The molecule has 0 unspecified atom stereocenters. The predicted octanol–water partition coefficient (Wildman–Crippen LogP) is 3.23. The van der Waals surface area contributed by atoms with Gasteiger partial charge in [0.1, 0.15) is 5.54 Å². The van der Waals surface area contributed by atoms with Crippen LogP contribution in [0, 0.1) is 12.8 Å². The van der Waals surface area contributed by atoms with Gasteiger partial charge in [-0.2, -0.15) is 4.98 Å². The van der Waals surface area contributed by atoms with Crippen LogP contribution in [0.5, 0.6) is 0 Å². The lowest BCUT2D eigenvalue weighted by Crippen LogP contribution is -2.47. The molecule has 116 valence electrons. The summed E-state index contributed by atoms with van der Waals surface area (Å²) < 4.78 is 5.14. The first-order chi connectivity index (χ1) is 10.2. The number of nitrogens with one attached hydrogen (secondary N) is 1. The van der Waals surface area contributed by atoms with Crippen molar-refractivity contribution in [3.8, 4) is 0 Å². The smallest absolute Gasteiger partial charge is 0.223 e. The molecule has 1 heterocycles. The van der Waals surface area contributed by atoms with Gasteiger partial charge in [-0.25, -0.2) is 0 Å². The summed E-state index contributed by atoms with van der Waals surface area (Å²) in [6.07, 6.45) is 11.0. The normalized spacial score (nSPS) is 22.9. The van der Waals surface area contributed by atoms with E-state index in [0.717, 1.165) is 38.5 Å². The second-order valence-electron chi connectivity index (χ2n) is 6.60. The number of amides is 1. The maximum absolute atomic E-state index is 12.7. The van der Waals surface area contributed by atoms with Crippen LogP contribution in [-0.2, 0) is 10.3 Å². The largest absolute Gasteiger partial charge is 0.343 e. The lowest BCUT2D eigenvalue weighted by molar-refractivity contribution is -0.127. The molecule has 0 aromatic carbocycles. The van der Waals surface area contributed by atoms with Crippen molar-refractivity contribution >= 4 is 5.91 Å². The number of rotatable bonds is 3. The van der Waals surface area contributed by atoms with Crippen LogP contribution in [-0.4, -0.2) is 16.0 Å². The first-order valence-electron chi connectivity index (χ1n) is 8.32. The van der Waals surface area contributed by atoms with Crippen LogP contribution >= 0.6 is 0 Å². The maximum Gasteiger partial charge on any atom is 0.223 e. The van der Waals surface area contributed by atoms with E-state index in [-0.39, 0.29) is 17.4 Å². The molecule has 2 fully saturated rings. The van der Waals surface area contributed by atoms with Gasteiger partial charge >= 0.3 is 0 Å². The molecule has 21 heavy (non-hydrogen) atoms. The van der Waals surface area contributed by atoms with Crippen molar-refractivity contribution in [2.24, 2.45) is 5.92 Å². The van der Waals surface area contributed by atoms with Crippen LogP contribution in [0.4, 0.5) is 0 Å². The molecule has 5 nitrogen and oxygen atoms in total. The van der Waals surface area contributed by atoms with Crippen molar-refractivity contribution < 1.29 is 9.32 Å². The van der Waals surface area contributed by atoms with Crippen molar-refractivity contribution in [2.75, 3.05) is 0 Å². The molecule has 0 atom stereocenters. The summed E-state index contributed by atoms with van der Waals surface area (Å²) in [5.74, 6) is 1.60. The Kier molecular flexibility index (Phi) is 4.27. The van der Waals surface area contributed by atoms with E-state index in [2.05, 4.69) is 15.5 Å². The zero-order valence-corrected chi connectivity index (χ0v) is 12.9. The van der Waals surface area contributed by atoms with Crippen LogP contribution in [0.1, 0.15) is 75.9 Å². The third-order valence-electron chi connectivity index (χ3n) is 5.00. The van der Waals surface area contributed by atoms with Gasteiger partial charge in [0.25, 0.3) is 0 Å². The summed E-state index contributed by atoms with van der Waals surface area (Å²) in [6.45, 7) is 1.80. The Morgan fingerprint density at radius 1 is 1.14 bits per heavy atom. The van der Waals surface area contributed by atoms with Gasteiger partial charge in [-0.05, 0) is 25.7 Å². The van der Waals surface area contributed by atoms with Gasteiger partial charge in [0.15, 0.2) is 5.82 Å². The molecule has 1 amide bonds. The van der Waals surface area contributed by atoms with Crippen molar-refractivity contribution in [2.45, 2.75) is 76.7 Å². The van der Waals surface area contributed by atoms with Gasteiger partial charge in [-0.15, -0.1) is 0 Å². The summed E-state index contributed by atoms with van der Waals surface area (Å²) in [7, 11) is 0. The highest BCUT2D eigenvalue weighted by Gasteiger charge is 2.42. The van der Waals surface area contributed by atoms with Crippen LogP contribution in [0.15, 0.2) is 4.52 Å². The Balaban J connectivity index is 1.74. The summed E-state index contributed by atoms with van der Waals surface area (Å²) in [6, 6.07) is 0. The number of hydrogen-bond donors (Lipinski definition) is 1. The summed E-state index contributed by atoms with van der Waals surface area (Å²) in [4.78, 5) is 17.1. The zero-order chi connectivity index (χ0) is 14.7. The number of aryl methyl sites for hydroxylation is 1. The third kappa shape index (κ3) is 3.11. The van der Waals surface area contributed by atoms with E-state index in [1.807, 2.05) is 0 Å². The van der Waals surface area contributed by atoms with Crippen LogP contribution in [0.3, 0.4) is 0 Å². The van der Waals surface area contributed by atoms with Crippen molar-refractivity contribution in [1.29, 1.82) is 0 Å². The third-order valence-corrected chi connectivity index (χ3v) is 5.00. The van der Waals surface area contributed by atoms with Gasteiger partial charge in [-0.1, -0.05) is 43.7 Å². The molecule has 0 aliphatic heterocycles. The number of nitrogens with zero attached hydrogens (tertiary/aromatic N) is 2. The molecule has 2 aliphatic rings. The Morgan fingerprint density at radius 2 is 1.81 bits per heavy atom. The fourth-order valence-corrected chi connectivity index (χ4v) is 3.76. The average molecular weight is 291 g/mol. The Bertz CT molecular complexity index is 483. The quantitative estimate of drug-likeness (QED) is 0.868. The molecule has 1 aromatic heterocycles. The molecule has 2 saturated carbocycles. The molecule has 0 radical (unpaired) electrons. The summed E-state index contributed by atoms with van der Waals surface area (Å²) in [5, 5.41) is 7.38. The molecular weight excluding hydrogens is 266 g/mol. The lowest BCUT2D eigenvalue weighted by Gasteiger charge is -2.29. The predicted molar refractivity (Wildman–Crippen MR) is 78.5 cm³/mol. The van der Waals surface area contributed by atoms with Crippen LogP contribution < -0.4 is 5.32 Å². The van der Waals surface area contributed by atoms with Crippen LogP contribution in [0.25, 0.3) is 0 Å². The number of hydrogen-bond acceptors (Lipinski definition) is 4. The Morgan fingerprint density at radius 3 is 2.38 bits per heavy atom. The Hall–Kier alpha value is -1.39. The van der Waals surface area contributed by atoms with E-state index in [1.165, 1.54) is 25.7 Å². The Labute approximate surface area is 125 Å². The molecule has 0 bridgehead atoms. The van der Waals surface area contributed by atoms with Crippen LogP contribution in [0.2, 0.25) is 0 Å². The molecule has 1 N–H and O–H groups in total. The van der Waals surface area contributed by atoms with E-state index >= 15 is 0 Å². The highest BCUT2D eigenvalue weighted by molar-refractivity contribution is 5.79. The molecule has 0 spiro atoms. The lowest BCUT2D eigenvalue weighted by atomic mass is 9.93. The second kappa shape index (κ2) is 6.16. The SMILES string of the molecule is Cc1nc(C2(NC(=O)C3CCCCCC3)CCCC2)no1. The average Bonchev–Trinajstić information content (AvgIpc) is 3.01. The van der Waals surface area contributed by atoms with E-state index in [0.29, 0.717) is 11.7 Å². The maximum atomic E-state index is 12.7. The molecule has 0 saturated heterocycles. The minimum atomic E-state index is -0.388. The van der Waals surface area contributed by atoms with Crippen molar-refractivity contribution in [3.05, 3.63) is 11.7 Å². The monoisotopic (exact) mass is 291 g/mol. The van der Waals surface area contributed by atoms with Crippen molar-refractivity contribution in [1.82, 2.24) is 15.5 Å². The first kappa shape index (κ1) is 14.5. The number of carbonyl (C=O) groups is 1. The fraction of sp³-hybridized carbons (Fsp3) is 0.812. The van der Waals surface area contributed by atoms with E-state index in [1.54, 1.807) is 6.92 Å². The molecular formula is C16H25N3O2. The molecule has 3 rings (SSSR count). The summed E-state index contributed by atoms with van der Waals surface area (Å²) in [5.41, 5.74) is -0.388. The number of carbonyl (C=O) groups excluding carboxylic acids is 1. The summed E-state index contributed by atoms with van der Waals surface area (Å²) >= 11 is 0. The highest BCUT2D eigenvalue weighted by Crippen LogP contribution is 2.38. The highest BCUT2D eigenvalue weighted by atomic mass is 16.5. The van der Waals surface area contributed by atoms with Crippen molar-refractivity contribution in [3.63, 3.8) is 0 Å². The minimum Gasteiger partial charge on any atom is -0.343 e. The molecule has 1 aromatic rings. The second-order valence-corrected chi connectivity index (χ2v) is 6.60. The number of aromatic nitrogens is 2. The van der Waals surface area contributed by atoms with E-state index in [4.69, 9.17) is 4.52 Å². The fourth-order valence-electron chi connectivity index (χ4n) is 3.76. The van der Waals surface area contributed by atoms with Gasteiger partial charge in [-0.3, -0.25) is 4.79 Å². The van der Waals surface area contributed by atoms with Gasteiger partial charge in [0.05, 0.1) is 0 Å². The first-order valence-corrected chi connectivity index (χ1v) is 8.32.